The molecule has 1 unspecified atom stereocenters. The molecule has 1 aliphatic heterocycles. The van der Waals surface area contributed by atoms with Crippen molar-refractivity contribution in [1.82, 2.24) is 30.5 Å². The van der Waals surface area contributed by atoms with Crippen molar-refractivity contribution in [2.45, 2.75) is 95.5 Å². The Bertz CT molecular complexity index is 1660. The van der Waals surface area contributed by atoms with Crippen LogP contribution in [0.15, 0.2) is 48.7 Å². The molecule has 4 atom stereocenters. The number of Topliss-reactive ketones (excluding diaryl/α,β-unsaturated/α-hetero) is 1. The predicted molar refractivity (Wildman–Crippen MR) is 173 cm³/mol. The lowest BCUT2D eigenvalue weighted by molar-refractivity contribution is -0.142. The largest absolute Gasteiger partial charge is 0.384 e. The zero-order chi connectivity index (χ0) is 33.9. The maximum absolute atomic E-state index is 14.5. The second kappa shape index (κ2) is 14.0. The number of amides is 4. The van der Waals surface area contributed by atoms with Gasteiger partial charge in [-0.3, -0.25) is 24.0 Å². The fourth-order valence-corrected chi connectivity index (χ4v) is 6.77. The smallest absolute Gasteiger partial charge is 0.287 e. The Hall–Kier alpha value is -4.65. The van der Waals surface area contributed by atoms with E-state index in [1.807, 2.05) is 30.3 Å². The summed E-state index contributed by atoms with van der Waals surface area (Å²) >= 11 is 0. The van der Waals surface area contributed by atoms with Crippen LogP contribution in [-0.2, 0) is 24.8 Å². The Morgan fingerprint density at radius 3 is 2.40 bits per heavy atom. The van der Waals surface area contributed by atoms with E-state index in [-0.39, 0.29) is 18.9 Å². The summed E-state index contributed by atoms with van der Waals surface area (Å²) in [5.41, 5.74) is 4.66. The number of carbonyl (C=O) groups excluding carboxylic acids is 5. The highest BCUT2D eigenvalue weighted by molar-refractivity contribution is 6.37. The van der Waals surface area contributed by atoms with E-state index in [2.05, 4.69) is 20.9 Å². The molecule has 1 saturated carbocycles. The molecule has 13 heteroatoms. The molecule has 0 radical (unpaired) electrons. The van der Waals surface area contributed by atoms with Gasteiger partial charge in [-0.15, -0.1) is 5.10 Å². The van der Waals surface area contributed by atoms with Gasteiger partial charge in [-0.1, -0.05) is 67.6 Å². The molecule has 2 fully saturated rings. The minimum Gasteiger partial charge on any atom is -0.384 e. The normalized spacial score (nSPS) is 20.0. The number of aliphatic hydroxyl groups is 1. The molecule has 1 saturated heterocycles. The molecule has 0 bridgehead atoms. The Labute approximate surface area is 273 Å². The highest BCUT2D eigenvalue weighted by atomic mass is 16.3. The molecule has 4 amide bonds. The standard InChI is InChI=1S/C34H43N7O6/c1-20(29(42)30(35)43)37-32(45)27-17-25(41-28(18-36-39-41)34(2,3)47)19-40(27)33(46)26(15-21-9-5-4-6-10-21)38-31(44)24-14-13-22-11-7-8-12-23(22)16-24/h7-8,11-14,16,18,20-21,25-27,47H,4-6,9-10,15,17,19H2,1-3H3,(H2,35,43)(H,37,45)(H,38,44)/t20?,25-,26+,27-/m0/s1. The number of benzene rings is 2. The maximum Gasteiger partial charge on any atom is 0.287 e. The topological polar surface area (TPSA) is 190 Å². The summed E-state index contributed by atoms with van der Waals surface area (Å²) in [4.78, 5) is 67.0. The van der Waals surface area contributed by atoms with Gasteiger partial charge in [-0.05, 0) is 56.0 Å². The number of hydrogen-bond acceptors (Lipinski definition) is 8. The number of aromatic nitrogens is 3. The zero-order valence-corrected chi connectivity index (χ0v) is 27.0. The lowest BCUT2D eigenvalue weighted by Gasteiger charge is -2.32. The number of carbonyl (C=O) groups is 5. The highest BCUT2D eigenvalue weighted by Crippen LogP contribution is 2.33. The second-order valence-corrected chi connectivity index (χ2v) is 13.3. The molecule has 2 heterocycles. The molecular weight excluding hydrogens is 602 g/mol. The van der Waals surface area contributed by atoms with Gasteiger partial charge in [0.15, 0.2) is 0 Å². The van der Waals surface area contributed by atoms with Gasteiger partial charge >= 0.3 is 0 Å². The van der Waals surface area contributed by atoms with Gasteiger partial charge < -0.3 is 26.4 Å². The van der Waals surface area contributed by atoms with Crippen molar-refractivity contribution in [1.29, 1.82) is 0 Å². The molecule has 2 aromatic carbocycles. The van der Waals surface area contributed by atoms with Gasteiger partial charge in [0.25, 0.3) is 11.8 Å². The number of ketones is 1. The summed E-state index contributed by atoms with van der Waals surface area (Å²) in [7, 11) is 0. The number of nitrogens with two attached hydrogens (primary N) is 1. The van der Waals surface area contributed by atoms with Gasteiger partial charge in [0.1, 0.15) is 17.7 Å². The fraction of sp³-hybridized carbons (Fsp3) is 0.500. The monoisotopic (exact) mass is 645 g/mol. The van der Waals surface area contributed by atoms with E-state index in [1.165, 1.54) is 22.7 Å². The molecule has 1 aliphatic carbocycles. The molecule has 5 rings (SSSR count). The number of rotatable bonds is 11. The minimum absolute atomic E-state index is 0.0362. The summed E-state index contributed by atoms with van der Waals surface area (Å²) in [5.74, 6) is -3.43. The van der Waals surface area contributed by atoms with Crippen molar-refractivity contribution < 1.29 is 29.1 Å². The number of primary amides is 1. The van der Waals surface area contributed by atoms with E-state index in [1.54, 1.807) is 26.0 Å². The van der Waals surface area contributed by atoms with E-state index in [0.717, 1.165) is 42.9 Å². The number of nitrogens with zero attached hydrogens (tertiary/aromatic N) is 4. The van der Waals surface area contributed by atoms with E-state index >= 15 is 0 Å². The van der Waals surface area contributed by atoms with Crippen LogP contribution in [0, 0.1) is 5.92 Å². The van der Waals surface area contributed by atoms with E-state index in [4.69, 9.17) is 5.73 Å². The number of likely N-dealkylation sites (tertiary alicyclic amines) is 1. The van der Waals surface area contributed by atoms with Crippen LogP contribution in [-0.4, -0.2) is 79.1 Å². The third-order valence-electron chi connectivity index (χ3n) is 9.32. The molecule has 2 aliphatic rings. The summed E-state index contributed by atoms with van der Waals surface area (Å²) in [6.45, 7) is 4.56. The predicted octanol–water partition coefficient (Wildman–Crippen LogP) is 2.13. The first-order valence-corrected chi connectivity index (χ1v) is 16.2. The van der Waals surface area contributed by atoms with E-state index in [9.17, 15) is 29.1 Å². The molecule has 13 nitrogen and oxygen atoms in total. The zero-order valence-electron chi connectivity index (χ0n) is 27.0. The number of hydrogen-bond donors (Lipinski definition) is 4. The van der Waals surface area contributed by atoms with Crippen LogP contribution in [0.5, 0.6) is 0 Å². The number of fused-ring (bicyclic) bond motifs is 1. The lowest BCUT2D eigenvalue weighted by Crippen LogP contribution is -2.56. The molecule has 250 valence electrons. The van der Waals surface area contributed by atoms with Crippen molar-refractivity contribution in [2.24, 2.45) is 11.7 Å². The summed E-state index contributed by atoms with van der Waals surface area (Å²) in [5, 5.41) is 26.3. The molecule has 0 spiro atoms. The van der Waals surface area contributed by atoms with Crippen molar-refractivity contribution in [3.05, 3.63) is 59.9 Å². The van der Waals surface area contributed by atoms with Crippen LogP contribution < -0.4 is 16.4 Å². The first-order valence-electron chi connectivity index (χ1n) is 16.2. The average Bonchev–Trinajstić information content (AvgIpc) is 3.72. The van der Waals surface area contributed by atoms with Gasteiger partial charge in [0, 0.05) is 18.5 Å². The summed E-state index contributed by atoms with van der Waals surface area (Å²) in [6.07, 6.45) is 7.00. The summed E-state index contributed by atoms with van der Waals surface area (Å²) < 4.78 is 1.51. The van der Waals surface area contributed by atoms with Crippen molar-refractivity contribution in [2.75, 3.05) is 6.54 Å². The van der Waals surface area contributed by atoms with Crippen molar-refractivity contribution in [3.8, 4) is 0 Å². The Kier molecular flexibility index (Phi) is 10.0. The van der Waals surface area contributed by atoms with Crippen molar-refractivity contribution in [3.63, 3.8) is 0 Å². The lowest BCUT2D eigenvalue weighted by atomic mass is 9.84. The van der Waals surface area contributed by atoms with Crippen LogP contribution in [0.4, 0.5) is 0 Å². The fourth-order valence-electron chi connectivity index (χ4n) is 6.77. The van der Waals surface area contributed by atoms with Gasteiger partial charge in [0.05, 0.1) is 24.0 Å². The minimum atomic E-state index is -1.31. The maximum atomic E-state index is 14.5. The van der Waals surface area contributed by atoms with Crippen LogP contribution in [0.3, 0.4) is 0 Å². The van der Waals surface area contributed by atoms with E-state index < -0.39 is 59.2 Å². The quantitative estimate of drug-likeness (QED) is 0.228. The SMILES string of the molecule is CC(NC(=O)[C@@H]1C[C@H](n2nncc2C(C)(C)O)CN1C(=O)[C@@H](CC1CCCCC1)NC(=O)c1ccc2ccccc2c1)C(=O)C(N)=O. The molecule has 3 aromatic rings. The van der Waals surface area contributed by atoms with Crippen LogP contribution in [0.25, 0.3) is 10.8 Å². The Morgan fingerprint density at radius 2 is 1.72 bits per heavy atom. The first-order chi connectivity index (χ1) is 22.3. The Morgan fingerprint density at radius 1 is 1.02 bits per heavy atom. The molecule has 47 heavy (non-hydrogen) atoms. The summed E-state index contributed by atoms with van der Waals surface area (Å²) in [6, 6.07) is 9.30. The second-order valence-electron chi connectivity index (χ2n) is 13.3. The molecule has 5 N–H and O–H groups in total. The van der Waals surface area contributed by atoms with Crippen LogP contribution >= 0.6 is 0 Å². The van der Waals surface area contributed by atoms with Gasteiger partial charge in [0.2, 0.25) is 17.6 Å². The van der Waals surface area contributed by atoms with E-state index in [0.29, 0.717) is 17.7 Å². The third-order valence-corrected chi connectivity index (χ3v) is 9.32. The van der Waals surface area contributed by atoms with Gasteiger partial charge in [-0.2, -0.15) is 0 Å². The van der Waals surface area contributed by atoms with Crippen LogP contribution in [0.1, 0.15) is 87.8 Å². The Balaban J connectivity index is 1.45. The van der Waals surface area contributed by atoms with Gasteiger partial charge in [-0.25, -0.2) is 4.68 Å². The highest BCUT2D eigenvalue weighted by Gasteiger charge is 2.45. The first kappa shape index (κ1) is 33.7. The molecular formula is C34H43N7O6. The van der Waals surface area contributed by atoms with Crippen molar-refractivity contribution >= 4 is 40.2 Å². The molecule has 1 aromatic heterocycles. The van der Waals surface area contributed by atoms with Crippen LogP contribution in [0.2, 0.25) is 0 Å². The third kappa shape index (κ3) is 7.67. The number of nitrogens with one attached hydrogen (secondary N) is 2. The average molecular weight is 646 g/mol.